The third-order valence-electron chi connectivity index (χ3n) is 3.89. The molecule has 4 nitrogen and oxygen atoms in total. The number of pyridine rings is 1. The zero-order chi connectivity index (χ0) is 16.8. The number of benzene rings is 1. The van der Waals surface area contributed by atoms with Crippen LogP contribution in [0.1, 0.15) is 30.9 Å². The molecular formula is C19H22N2O2. The van der Waals surface area contributed by atoms with Crippen molar-refractivity contribution in [2.75, 3.05) is 7.11 Å². The molecule has 0 aliphatic rings. The first kappa shape index (κ1) is 16.8. The molecule has 0 unspecified atom stereocenters. The van der Waals surface area contributed by atoms with Gasteiger partial charge in [0.05, 0.1) is 25.3 Å². The van der Waals surface area contributed by atoms with Crippen LogP contribution >= 0.6 is 0 Å². The van der Waals surface area contributed by atoms with Crippen LogP contribution in [0, 0.1) is 18.3 Å². The molecule has 0 aliphatic carbocycles. The van der Waals surface area contributed by atoms with Crippen molar-refractivity contribution >= 4 is 0 Å². The highest BCUT2D eigenvalue weighted by molar-refractivity contribution is 5.68. The number of nitriles is 1. The Kier molecular flexibility index (Phi) is 5.59. The maximum Gasteiger partial charge on any atom is 0.255 e. The summed E-state index contributed by atoms with van der Waals surface area (Å²) in [6, 6.07) is 11.7. The van der Waals surface area contributed by atoms with Crippen molar-refractivity contribution in [2.24, 2.45) is 0 Å². The average Bonchev–Trinajstić information content (AvgIpc) is 2.55. The minimum absolute atomic E-state index is 0.0824. The van der Waals surface area contributed by atoms with E-state index in [0.29, 0.717) is 12.1 Å². The summed E-state index contributed by atoms with van der Waals surface area (Å²) in [4.78, 5) is 12.7. The van der Waals surface area contributed by atoms with Crippen LogP contribution < -0.4 is 10.3 Å². The molecule has 0 fully saturated rings. The van der Waals surface area contributed by atoms with E-state index in [9.17, 15) is 4.79 Å². The van der Waals surface area contributed by atoms with E-state index in [2.05, 4.69) is 13.0 Å². The number of hydrogen-bond donors (Lipinski definition) is 0. The molecule has 0 aliphatic heterocycles. The van der Waals surface area contributed by atoms with Gasteiger partial charge < -0.3 is 9.30 Å². The first-order chi connectivity index (χ1) is 11.1. The van der Waals surface area contributed by atoms with Gasteiger partial charge in [0.25, 0.3) is 5.56 Å². The molecule has 0 radical (unpaired) electrons. The van der Waals surface area contributed by atoms with Gasteiger partial charge >= 0.3 is 0 Å². The number of ether oxygens (including phenoxy) is 1. The third-order valence-corrected chi connectivity index (χ3v) is 3.89. The van der Waals surface area contributed by atoms with Crippen molar-refractivity contribution < 1.29 is 4.74 Å². The molecule has 0 saturated heterocycles. The van der Waals surface area contributed by atoms with Gasteiger partial charge in [-0.1, -0.05) is 31.0 Å². The molecule has 1 heterocycles. The Balaban J connectivity index is 2.67. The standard InChI is InChI=1S/C19H22N2O2/c1-4-5-12-21-17(8-7-15(10-11-20)19(21)22)16-13-14(2)6-9-18(16)23-3/h6-9,13H,4-5,10,12H2,1-3H3. The highest BCUT2D eigenvalue weighted by Gasteiger charge is 2.14. The molecule has 0 bridgehead atoms. The molecule has 4 heteroatoms. The fourth-order valence-electron chi connectivity index (χ4n) is 2.64. The van der Waals surface area contributed by atoms with Crippen molar-refractivity contribution in [1.82, 2.24) is 4.57 Å². The zero-order valence-corrected chi connectivity index (χ0v) is 13.9. The summed E-state index contributed by atoms with van der Waals surface area (Å²) in [5, 5.41) is 8.90. The van der Waals surface area contributed by atoms with Gasteiger partial charge in [0, 0.05) is 17.7 Å². The Hall–Kier alpha value is -2.54. The van der Waals surface area contributed by atoms with Crippen molar-refractivity contribution in [2.45, 2.75) is 39.7 Å². The average molecular weight is 310 g/mol. The SMILES string of the molecule is CCCCn1c(-c2cc(C)ccc2OC)ccc(CC#N)c1=O. The second-order valence-electron chi connectivity index (χ2n) is 5.59. The normalized spacial score (nSPS) is 10.3. The van der Waals surface area contributed by atoms with Crippen LogP contribution in [0.2, 0.25) is 0 Å². The van der Waals surface area contributed by atoms with Crippen LogP contribution in [-0.4, -0.2) is 11.7 Å². The van der Waals surface area contributed by atoms with Crippen LogP contribution in [0.3, 0.4) is 0 Å². The van der Waals surface area contributed by atoms with E-state index in [1.54, 1.807) is 17.7 Å². The number of aromatic nitrogens is 1. The van der Waals surface area contributed by atoms with E-state index in [-0.39, 0.29) is 12.0 Å². The van der Waals surface area contributed by atoms with Crippen molar-refractivity contribution in [3.8, 4) is 23.1 Å². The molecule has 2 aromatic rings. The van der Waals surface area contributed by atoms with Crippen LogP contribution in [0.4, 0.5) is 0 Å². The molecule has 1 aromatic heterocycles. The summed E-state index contributed by atoms with van der Waals surface area (Å²) in [7, 11) is 1.63. The molecule has 0 amide bonds. The van der Waals surface area contributed by atoms with Crippen LogP contribution in [0.15, 0.2) is 35.1 Å². The summed E-state index contributed by atoms with van der Waals surface area (Å²) in [6.45, 7) is 4.75. The Bertz CT molecular complexity index is 785. The molecule has 0 spiro atoms. The van der Waals surface area contributed by atoms with Gasteiger partial charge in [0.1, 0.15) is 5.75 Å². The Morgan fingerprint density at radius 3 is 2.70 bits per heavy atom. The monoisotopic (exact) mass is 310 g/mol. The minimum Gasteiger partial charge on any atom is -0.496 e. The summed E-state index contributed by atoms with van der Waals surface area (Å²) in [5.74, 6) is 0.744. The summed E-state index contributed by atoms with van der Waals surface area (Å²) >= 11 is 0. The second-order valence-corrected chi connectivity index (χ2v) is 5.59. The molecule has 0 saturated carbocycles. The molecular weight excluding hydrogens is 288 g/mol. The number of hydrogen-bond acceptors (Lipinski definition) is 3. The molecule has 0 N–H and O–H groups in total. The third kappa shape index (κ3) is 3.62. The molecule has 23 heavy (non-hydrogen) atoms. The Morgan fingerprint density at radius 1 is 1.26 bits per heavy atom. The van der Waals surface area contributed by atoms with Crippen LogP contribution in [0.5, 0.6) is 5.75 Å². The van der Waals surface area contributed by atoms with Gasteiger partial charge in [0.2, 0.25) is 0 Å². The van der Waals surface area contributed by atoms with Crippen molar-refractivity contribution in [3.63, 3.8) is 0 Å². The summed E-state index contributed by atoms with van der Waals surface area (Å²) in [6.07, 6.45) is 2.05. The van der Waals surface area contributed by atoms with E-state index in [4.69, 9.17) is 10.00 Å². The Morgan fingerprint density at radius 2 is 2.04 bits per heavy atom. The van der Waals surface area contributed by atoms with E-state index in [1.807, 2.05) is 31.2 Å². The van der Waals surface area contributed by atoms with Gasteiger partial charge in [-0.25, -0.2) is 0 Å². The lowest BCUT2D eigenvalue weighted by molar-refractivity contribution is 0.415. The first-order valence-corrected chi connectivity index (χ1v) is 7.87. The largest absolute Gasteiger partial charge is 0.496 e. The van der Waals surface area contributed by atoms with Crippen molar-refractivity contribution in [3.05, 3.63) is 51.8 Å². The fraction of sp³-hybridized carbons (Fsp3) is 0.368. The number of methoxy groups -OCH3 is 1. The van der Waals surface area contributed by atoms with Gasteiger partial charge in [-0.15, -0.1) is 0 Å². The van der Waals surface area contributed by atoms with E-state index in [0.717, 1.165) is 35.4 Å². The smallest absolute Gasteiger partial charge is 0.255 e. The summed E-state index contributed by atoms with van der Waals surface area (Å²) < 4.78 is 7.24. The number of unbranched alkanes of at least 4 members (excludes halogenated alkanes) is 1. The minimum atomic E-state index is -0.0824. The van der Waals surface area contributed by atoms with Gasteiger partial charge in [-0.3, -0.25) is 4.79 Å². The molecule has 0 atom stereocenters. The molecule has 2 rings (SSSR count). The number of aryl methyl sites for hydroxylation is 1. The number of rotatable bonds is 6. The maximum absolute atomic E-state index is 12.7. The number of nitrogens with zero attached hydrogens (tertiary/aromatic N) is 2. The molecule has 1 aromatic carbocycles. The predicted molar refractivity (Wildman–Crippen MR) is 91.7 cm³/mol. The lowest BCUT2D eigenvalue weighted by Crippen LogP contribution is -2.25. The quantitative estimate of drug-likeness (QED) is 0.817. The summed E-state index contributed by atoms with van der Waals surface area (Å²) in [5.41, 5.74) is 3.31. The lowest BCUT2D eigenvalue weighted by atomic mass is 10.0. The van der Waals surface area contributed by atoms with Crippen molar-refractivity contribution in [1.29, 1.82) is 5.26 Å². The predicted octanol–water partition coefficient (Wildman–Crippen LogP) is 3.70. The van der Waals surface area contributed by atoms with Gasteiger partial charge in [-0.2, -0.15) is 5.26 Å². The Labute approximate surface area is 137 Å². The van der Waals surface area contributed by atoms with Crippen LogP contribution in [0.25, 0.3) is 11.3 Å². The maximum atomic E-state index is 12.7. The van der Waals surface area contributed by atoms with E-state index >= 15 is 0 Å². The first-order valence-electron chi connectivity index (χ1n) is 7.87. The van der Waals surface area contributed by atoms with Crippen LogP contribution in [-0.2, 0) is 13.0 Å². The zero-order valence-electron chi connectivity index (χ0n) is 13.9. The highest BCUT2D eigenvalue weighted by atomic mass is 16.5. The van der Waals surface area contributed by atoms with Gasteiger partial charge in [-0.05, 0) is 31.5 Å². The highest BCUT2D eigenvalue weighted by Crippen LogP contribution is 2.30. The molecule has 120 valence electrons. The lowest BCUT2D eigenvalue weighted by Gasteiger charge is -2.17. The van der Waals surface area contributed by atoms with E-state index < -0.39 is 0 Å². The van der Waals surface area contributed by atoms with E-state index in [1.165, 1.54) is 0 Å². The van der Waals surface area contributed by atoms with Gasteiger partial charge in [0.15, 0.2) is 0 Å². The topological polar surface area (TPSA) is 55.0 Å². The second kappa shape index (κ2) is 7.64. The fourth-order valence-corrected chi connectivity index (χ4v) is 2.64.